The summed E-state index contributed by atoms with van der Waals surface area (Å²) in [4.78, 5) is 87.7. The predicted octanol–water partition coefficient (Wildman–Crippen LogP) is 11.0. The van der Waals surface area contributed by atoms with E-state index in [2.05, 4.69) is 65.9 Å². The zero-order chi connectivity index (χ0) is 63.4. The van der Waals surface area contributed by atoms with Crippen LogP contribution in [-0.4, -0.2) is 124 Å². The second-order valence-electron chi connectivity index (χ2n) is 23.7. The molecule has 2 fully saturated rings. The van der Waals surface area contributed by atoms with Gasteiger partial charge < -0.3 is 59.2 Å². The highest BCUT2D eigenvalue weighted by Crippen LogP contribution is 2.41. The summed E-state index contributed by atoms with van der Waals surface area (Å²) >= 11 is 0. The molecule has 2 saturated heterocycles. The molecule has 0 spiro atoms. The molecule has 6 aromatic rings. The lowest BCUT2D eigenvalue weighted by Gasteiger charge is -2.20. The summed E-state index contributed by atoms with van der Waals surface area (Å²) in [5.74, 6) is -0.238. The Hall–Kier alpha value is -8.01. The topological polar surface area (TPSA) is 338 Å². The Morgan fingerprint density at radius 2 is 0.929 bits per heavy atom. The van der Waals surface area contributed by atoms with Crippen LogP contribution in [-0.2, 0) is 44.4 Å². The van der Waals surface area contributed by atoms with Crippen LogP contribution < -0.4 is 21.3 Å². The number of hydrogen-bond acceptors (Lipinski definition) is 19. The van der Waals surface area contributed by atoms with Gasteiger partial charge in [-0.1, -0.05) is 0 Å². The largest absolute Gasteiger partial charge is 0.519 e. The zero-order valence-electron chi connectivity index (χ0n) is 51.1. The minimum atomic E-state index is -1.20. The van der Waals surface area contributed by atoms with E-state index in [1.54, 1.807) is 95.2 Å². The van der Waals surface area contributed by atoms with Crippen LogP contribution in [0.3, 0.4) is 0 Å². The van der Waals surface area contributed by atoms with Crippen LogP contribution in [0.4, 0.5) is 39.9 Å². The number of aromatic amines is 2. The van der Waals surface area contributed by atoms with Crippen molar-refractivity contribution in [3.8, 4) is 22.3 Å². The highest BCUT2D eigenvalue weighted by molar-refractivity contribution is 5.93. The van der Waals surface area contributed by atoms with Gasteiger partial charge in [0.25, 0.3) is 0 Å². The molecule has 2 aliphatic rings. The van der Waals surface area contributed by atoms with Gasteiger partial charge in [-0.2, -0.15) is 0 Å². The molecule has 4 aromatic heterocycles. The molecule has 8 rings (SSSR count). The normalized spacial score (nSPS) is 15.2. The van der Waals surface area contributed by atoms with Gasteiger partial charge in [0.15, 0.2) is 11.6 Å². The van der Waals surface area contributed by atoms with Crippen molar-refractivity contribution in [1.29, 1.82) is 0 Å². The van der Waals surface area contributed by atoms with E-state index >= 15 is 8.78 Å². The summed E-state index contributed by atoms with van der Waals surface area (Å²) < 4.78 is 61.6. The first-order valence-corrected chi connectivity index (χ1v) is 27.7. The van der Waals surface area contributed by atoms with E-state index in [0.29, 0.717) is 83.5 Å². The number of anilines is 2. The Morgan fingerprint density at radius 3 is 1.19 bits per heavy atom. The Bertz CT molecular complexity index is 3070. The molecule has 0 aliphatic carbocycles. The number of amides is 4. The first kappa shape index (κ1) is 67.8. The van der Waals surface area contributed by atoms with E-state index in [0.717, 1.165) is 12.8 Å². The molecule has 0 saturated carbocycles. The molecule has 0 radical (unpaired) electrons. The number of imidazole rings is 2. The van der Waals surface area contributed by atoms with Crippen LogP contribution in [0.25, 0.3) is 44.3 Å². The van der Waals surface area contributed by atoms with E-state index < -0.39 is 70.6 Å². The molecule has 0 bridgehead atoms. The SMILES string of the molecule is CC(=O)OC(C)(C)C.CC(C)(C)OC(=O)OC(=O)OC(C)(C)C.CCNC(=O)Nc1nc2c([C@H]3CCCO3)c(F)c(-c3cnc(C(C)(C)O)nc3)cc2[nH]1.CCNC(=O)Nc1nc2c([C@H]3CCCO3)c(F)c(-c3cnc(C(C)(C)O)nc3)cc2[nH]1. The van der Waals surface area contributed by atoms with Crippen LogP contribution in [0, 0.1) is 11.6 Å². The highest BCUT2D eigenvalue weighted by atomic mass is 19.1. The van der Waals surface area contributed by atoms with Gasteiger partial charge in [0.1, 0.15) is 39.6 Å². The lowest BCUT2D eigenvalue weighted by Crippen LogP contribution is -2.29. The predicted molar refractivity (Wildman–Crippen MR) is 311 cm³/mol. The van der Waals surface area contributed by atoms with Crippen molar-refractivity contribution in [2.75, 3.05) is 36.9 Å². The summed E-state index contributed by atoms with van der Waals surface area (Å²) in [5.41, 5.74) is -0.0120. The van der Waals surface area contributed by atoms with E-state index in [1.807, 2.05) is 20.8 Å². The number of aliphatic hydroxyl groups is 2. The van der Waals surface area contributed by atoms with Crippen molar-refractivity contribution in [2.24, 2.45) is 0 Å². The van der Waals surface area contributed by atoms with Crippen molar-refractivity contribution in [2.45, 2.75) is 177 Å². The first-order valence-electron chi connectivity index (χ1n) is 27.7. The third kappa shape index (κ3) is 20.3. The van der Waals surface area contributed by atoms with Gasteiger partial charge in [-0.3, -0.25) is 15.4 Å². The molecule has 85 heavy (non-hydrogen) atoms. The summed E-state index contributed by atoms with van der Waals surface area (Å²) in [7, 11) is 0. The van der Waals surface area contributed by atoms with E-state index in [-0.39, 0.29) is 46.2 Å². The number of ether oxygens (including phenoxy) is 6. The number of rotatable bonds is 10. The Labute approximate surface area is 491 Å². The number of halogens is 2. The molecule has 4 amide bonds. The van der Waals surface area contributed by atoms with Gasteiger partial charge in [-0.25, -0.2) is 57.9 Å². The third-order valence-electron chi connectivity index (χ3n) is 11.6. The van der Waals surface area contributed by atoms with Crippen LogP contribution in [0.2, 0.25) is 0 Å². The van der Waals surface area contributed by atoms with Gasteiger partial charge >= 0.3 is 30.3 Å². The number of carbonyl (C=O) groups excluding carboxylic acids is 5. The smallest absolute Gasteiger partial charge is 0.460 e. The molecule has 2 aliphatic heterocycles. The van der Waals surface area contributed by atoms with Crippen LogP contribution in [0.15, 0.2) is 36.9 Å². The number of urea groups is 2. The van der Waals surface area contributed by atoms with Gasteiger partial charge in [-0.15, -0.1) is 0 Å². The maximum atomic E-state index is 15.7. The molecule has 2 atom stereocenters. The van der Waals surface area contributed by atoms with Gasteiger partial charge in [0.05, 0.1) is 34.3 Å². The van der Waals surface area contributed by atoms with Gasteiger partial charge in [-0.05, 0) is 142 Å². The summed E-state index contributed by atoms with van der Waals surface area (Å²) in [6, 6.07) is 2.41. The lowest BCUT2D eigenvalue weighted by molar-refractivity contribution is -0.151. The minimum absolute atomic E-state index is 0.213. The monoisotopic (exact) mass is 1190 g/mol. The van der Waals surface area contributed by atoms with E-state index in [1.165, 1.54) is 31.7 Å². The van der Waals surface area contributed by atoms with Gasteiger partial charge in [0.2, 0.25) is 11.9 Å². The fourth-order valence-corrected chi connectivity index (χ4v) is 8.27. The summed E-state index contributed by atoms with van der Waals surface area (Å²) in [6.07, 6.45) is 5.95. The number of nitrogens with zero attached hydrogens (tertiary/aromatic N) is 6. The molecule has 27 heteroatoms. The second kappa shape index (κ2) is 28.3. The number of esters is 1. The molecular weight excluding hydrogens is 1110 g/mol. The number of benzene rings is 2. The number of fused-ring (bicyclic) bond motifs is 2. The fourth-order valence-electron chi connectivity index (χ4n) is 8.27. The highest BCUT2D eigenvalue weighted by Gasteiger charge is 2.32. The lowest BCUT2D eigenvalue weighted by atomic mass is 9.98. The number of aromatic nitrogens is 8. The Balaban J connectivity index is 0.000000230. The van der Waals surface area contributed by atoms with Crippen molar-refractivity contribution in [3.05, 3.63) is 71.3 Å². The van der Waals surface area contributed by atoms with Crippen molar-refractivity contribution in [3.63, 3.8) is 0 Å². The van der Waals surface area contributed by atoms with Crippen molar-refractivity contribution >= 4 is 64.3 Å². The van der Waals surface area contributed by atoms with Crippen LogP contribution in [0.1, 0.15) is 171 Å². The Morgan fingerprint density at radius 1 is 0.588 bits per heavy atom. The average molecular weight is 1190 g/mol. The standard InChI is InChI=1S/2C21H25FN6O3.C10H18O5.C6H12O2/c2*1-4-23-20(29)28-19-26-13-8-12(11-9-24-18(25-10-11)21(2,3)30)16(22)15(17(13)27-19)14-6-5-7-31-14;1-9(2,3)14-7(11)13-8(12)15-10(4,5)6;1-5(7)8-6(2,3)4/h2*8-10,14,30H,4-7H2,1-3H3,(H3,23,26,27,28,29);1-6H3;1-4H3/t2*14-;;/m11../s1. The molecule has 464 valence electrons. The number of hydrogen-bond donors (Lipinski definition) is 8. The molecule has 2 aromatic carbocycles. The minimum Gasteiger partial charge on any atom is -0.460 e. The van der Waals surface area contributed by atoms with E-state index in [4.69, 9.17) is 23.7 Å². The van der Waals surface area contributed by atoms with Crippen LogP contribution in [0.5, 0.6) is 0 Å². The number of nitrogens with one attached hydrogen (secondary N) is 6. The van der Waals surface area contributed by atoms with Gasteiger partial charge in [0, 0.05) is 91.4 Å². The molecule has 25 nitrogen and oxygen atoms in total. The Kier molecular flexibility index (Phi) is 22.5. The first-order chi connectivity index (χ1) is 39.5. The average Bonchev–Trinajstić information content (AvgIpc) is 2.95. The molecule has 6 heterocycles. The number of H-pyrrole nitrogens is 2. The molecular formula is C58H80F2N12O13. The van der Waals surface area contributed by atoms with E-state index in [9.17, 15) is 34.2 Å². The zero-order valence-corrected chi connectivity index (χ0v) is 51.1. The molecule has 0 unspecified atom stereocenters. The number of carbonyl (C=O) groups is 5. The molecule has 8 N–H and O–H groups in total. The summed E-state index contributed by atoms with van der Waals surface area (Å²) in [5, 5.41) is 30.7. The maximum absolute atomic E-state index is 15.7. The van der Waals surface area contributed by atoms with Crippen LogP contribution >= 0.6 is 0 Å². The summed E-state index contributed by atoms with van der Waals surface area (Å²) in [6.45, 7) is 28.9. The third-order valence-corrected chi connectivity index (χ3v) is 11.6. The fraction of sp³-hybridized carbons (Fsp3) is 0.534. The quantitative estimate of drug-likeness (QED) is 0.0359. The van der Waals surface area contributed by atoms with Crippen molar-refractivity contribution < 1.29 is 71.4 Å². The maximum Gasteiger partial charge on any atom is 0.519 e. The second-order valence-corrected chi connectivity index (χ2v) is 23.7. The van der Waals surface area contributed by atoms with Crippen molar-refractivity contribution in [1.82, 2.24) is 50.5 Å².